The largest absolute Gasteiger partial charge is 0.490 e. The lowest BCUT2D eigenvalue weighted by atomic mass is 10.2. The van der Waals surface area contributed by atoms with Gasteiger partial charge in [-0.05, 0) is 50.1 Å². The Labute approximate surface area is 181 Å². The average Bonchev–Trinajstić information content (AvgIpc) is 3.18. The van der Waals surface area contributed by atoms with Crippen molar-refractivity contribution in [1.29, 1.82) is 0 Å². The third-order valence-electron chi connectivity index (χ3n) is 4.31. The summed E-state index contributed by atoms with van der Waals surface area (Å²) < 4.78 is 8.40. The highest BCUT2D eigenvalue weighted by Gasteiger charge is 2.15. The molecule has 2 heterocycles. The van der Waals surface area contributed by atoms with Crippen molar-refractivity contribution in [2.45, 2.75) is 32.4 Å². The summed E-state index contributed by atoms with van der Waals surface area (Å²) in [6.45, 7) is 2.53. The number of aromatic nitrogens is 4. The maximum atomic E-state index is 11.4. The molecule has 0 aliphatic rings. The van der Waals surface area contributed by atoms with E-state index in [-0.39, 0.29) is 11.7 Å². The highest BCUT2D eigenvalue weighted by Crippen LogP contribution is 2.25. The molecule has 1 amide bonds. The number of hydrogen-bond acceptors (Lipinski definition) is 6. The minimum absolute atomic E-state index is 0.118. The van der Waals surface area contributed by atoms with Gasteiger partial charge >= 0.3 is 5.97 Å². The summed E-state index contributed by atoms with van der Waals surface area (Å²) in [5, 5.41) is 20.0. The molecule has 0 spiro atoms. The van der Waals surface area contributed by atoms with Gasteiger partial charge in [-0.3, -0.25) is 4.79 Å². The third kappa shape index (κ3) is 5.41. The number of ether oxygens (including phenoxy) is 1. The minimum Gasteiger partial charge on any atom is -0.490 e. The number of anilines is 1. The molecule has 0 aliphatic heterocycles. The van der Waals surface area contributed by atoms with Crippen molar-refractivity contribution in [3.63, 3.8) is 0 Å². The highest BCUT2D eigenvalue weighted by molar-refractivity contribution is 9.10. The maximum absolute atomic E-state index is 11.4. The number of carbonyl (C=O) groups excluding carboxylic acids is 1. The van der Waals surface area contributed by atoms with Crippen LogP contribution in [-0.2, 0) is 11.3 Å². The van der Waals surface area contributed by atoms with Crippen LogP contribution in [0.5, 0.6) is 5.75 Å². The number of rotatable bonds is 10. The number of nitrogens with one attached hydrogen (secondary N) is 1. The highest BCUT2D eigenvalue weighted by atomic mass is 79.9. The topological polar surface area (TPSA) is 119 Å². The number of benzene rings is 1. The number of carboxylic acids is 1. The number of hydrogen-bond donors (Lipinski definition) is 2. The quantitative estimate of drug-likeness (QED) is 0.431. The summed E-state index contributed by atoms with van der Waals surface area (Å²) in [4.78, 5) is 26.4. The second kappa shape index (κ2) is 9.97. The van der Waals surface area contributed by atoms with E-state index in [4.69, 9.17) is 4.74 Å². The third-order valence-corrected chi connectivity index (χ3v) is 4.80. The molecular weight excluding hydrogens is 454 g/mol. The molecule has 10 heteroatoms. The minimum atomic E-state index is -1.04. The average molecular weight is 474 g/mol. The molecular formula is C20H20BrN5O4. The Hall–Kier alpha value is -3.27. The van der Waals surface area contributed by atoms with Crippen LogP contribution in [0.4, 0.5) is 5.82 Å². The van der Waals surface area contributed by atoms with E-state index in [1.165, 1.54) is 6.07 Å². The Balaban J connectivity index is 1.60. The molecule has 1 unspecified atom stereocenters. The van der Waals surface area contributed by atoms with Crippen molar-refractivity contribution < 1.29 is 19.4 Å². The number of pyridine rings is 1. The first-order valence-electron chi connectivity index (χ1n) is 9.23. The summed E-state index contributed by atoms with van der Waals surface area (Å²) in [7, 11) is 0. The van der Waals surface area contributed by atoms with Crippen molar-refractivity contribution in [2.75, 3.05) is 5.32 Å². The van der Waals surface area contributed by atoms with Gasteiger partial charge in [-0.15, -0.1) is 10.2 Å². The first-order valence-corrected chi connectivity index (χ1v) is 10.0. The van der Waals surface area contributed by atoms with Gasteiger partial charge in [0.1, 0.15) is 29.2 Å². The lowest BCUT2D eigenvalue weighted by Crippen LogP contribution is -2.15. The molecule has 1 atom stereocenters. The molecule has 156 valence electrons. The van der Waals surface area contributed by atoms with Gasteiger partial charge in [-0.1, -0.05) is 22.0 Å². The number of aromatic carboxylic acids is 1. The molecule has 0 fully saturated rings. The molecule has 0 aliphatic carbocycles. The Morgan fingerprint density at radius 3 is 2.97 bits per heavy atom. The SMILES string of the molecule is CC(CCCn1cnnc1-c1cccc(NC=O)n1)Oc1ccc(Br)cc1C(=O)O. The lowest BCUT2D eigenvalue weighted by molar-refractivity contribution is -0.105. The zero-order valence-corrected chi connectivity index (χ0v) is 17.7. The summed E-state index contributed by atoms with van der Waals surface area (Å²) in [5.74, 6) is 0.334. The maximum Gasteiger partial charge on any atom is 0.339 e. The second-order valence-corrected chi connectivity index (χ2v) is 7.45. The number of carboxylic acid groups (broad SMARTS) is 1. The van der Waals surface area contributed by atoms with Crippen LogP contribution >= 0.6 is 15.9 Å². The first-order chi connectivity index (χ1) is 14.5. The Bertz CT molecular complexity index is 1040. The smallest absolute Gasteiger partial charge is 0.339 e. The fraction of sp³-hybridized carbons (Fsp3) is 0.250. The predicted molar refractivity (Wildman–Crippen MR) is 113 cm³/mol. The molecule has 0 bridgehead atoms. The number of amides is 1. The summed E-state index contributed by atoms with van der Waals surface area (Å²) in [5.41, 5.74) is 0.719. The molecule has 1 aromatic carbocycles. The van der Waals surface area contributed by atoms with E-state index in [0.29, 0.717) is 46.9 Å². The second-order valence-electron chi connectivity index (χ2n) is 6.53. The van der Waals surface area contributed by atoms with Crippen LogP contribution < -0.4 is 10.1 Å². The zero-order chi connectivity index (χ0) is 21.5. The van der Waals surface area contributed by atoms with Gasteiger partial charge in [0.2, 0.25) is 6.41 Å². The van der Waals surface area contributed by atoms with E-state index < -0.39 is 5.97 Å². The molecule has 3 aromatic rings. The van der Waals surface area contributed by atoms with Crippen molar-refractivity contribution in [2.24, 2.45) is 0 Å². The Kier molecular flexibility index (Phi) is 7.12. The fourth-order valence-electron chi connectivity index (χ4n) is 2.91. The molecule has 30 heavy (non-hydrogen) atoms. The lowest BCUT2D eigenvalue weighted by Gasteiger charge is -2.17. The van der Waals surface area contributed by atoms with Gasteiger partial charge in [-0.2, -0.15) is 0 Å². The molecule has 0 saturated carbocycles. The van der Waals surface area contributed by atoms with Gasteiger partial charge in [0.05, 0.1) is 6.10 Å². The van der Waals surface area contributed by atoms with Gasteiger partial charge in [0.15, 0.2) is 5.82 Å². The fourth-order valence-corrected chi connectivity index (χ4v) is 3.27. The van der Waals surface area contributed by atoms with Crippen LogP contribution in [0.3, 0.4) is 0 Å². The first kappa shape index (κ1) is 21.4. The van der Waals surface area contributed by atoms with Crippen LogP contribution in [0.2, 0.25) is 0 Å². The molecule has 9 nitrogen and oxygen atoms in total. The van der Waals surface area contributed by atoms with Crippen LogP contribution in [0.25, 0.3) is 11.5 Å². The van der Waals surface area contributed by atoms with E-state index in [1.807, 2.05) is 11.5 Å². The van der Waals surface area contributed by atoms with E-state index in [1.54, 1.807) is 36.7 Å². The van der Waals surface area contributed by atoms with Crippen LogP contribution in [0.15, 0.2) is 47.2 Å². The molecule has 2 N–H and O–H groups in total. The van der Waals surface area contributed by atoms with Crippen molar-refractivity contribution in [3.05, 3.63) is 52.8 Å². The molecule has 3 rings (SSSR count). The predicted octanol–water partition coefficient (Wildman–Crippen LogP) is 3.62. The van der Waals surface area contributed by atoms with E-state index in [9.17, 15) is 14.7 Å². The number of nitrogens with zero attached hydrogens (tertiary/aromatic N) is 4. The monoisotopic (exact) mass is 473 g/mol. The number of aryl methyl sites for hydroxylation is 1. The molecule has 0 saturated heterocycles. The standard InChI is InChI=1S/C20H20BrN5O4/c1-13(30-17-8-7-14(21)10-15(17)20(28)29)4-3-9-26-11-23-25-19(26)16-5-2-6-18(24-16)22-12-27/h2,5-8,10-13H,3-4,9H2,1H3,(H,28,29)(H,22,24,27). The normalized spacial score (nSPS) is 11.7. The van der Waals surface area contributed by atoms with Crippen molar-refractivity contribution in [3.8, 4) is 17.3 Å². The number of carbonyl (C=O) groups is 2. The Morgan fingerprint density at radius 2 is 2.20 bits per heavy atom. The van der Waals surface area contributed by atoms with Crippen LogP contribution in [0.1, 0.15) is 30.1 Å². The molecule has 2 aromatic heterocycles. The van der Waals surface area contributed by atoms with Crippen molar-refractivity contribution in [1.82, 2.24) is 19.7 Å². The van der Waals surface area contributed by atoms with Gasteiger partial charge in [-0.25, -0.2) is 9.78 Å². The van der Waals surface area contributed by atoms with E-state index in [0.717, 1.165) is 6.42 Å². The van der Waals surface area contributed by atoms with Gasteiger partial charge in [0, 0.05) is 11.0 Å². The van der Waals surface area contributed by atoms with E-state index in [2.05, 4.69) is 36.4 Å². The number of halogens is 1. The van der Waals surface area contributed by atoms with E-state index >= 15 is 0 Å². The van der Waals surface area contributed by atoms with Crippen LogP contribution in [-0.4, -0.2) is 43.3 Å². The molecule has 0 radical (unpaired) electrons. The summed E-state index contributed by atoms with van der Waals surface area (Å²) >= 11 is 3.27. The summed E-state index contributed by atoms with van der Waals surface area (Å²) in [6.07, 6.45) is 3.48. The van der Waals surface area contributed by atoms with Gasteiger partial charge < -0.3 is 19.7 Å². The summed E-state index contributed by atoms with van der Waals surface area (Å²) in [6, 6.07) is 10.2. The van der Waals surface area contributed by atoms with Gasteiger partial charge in [0.25, 0.3) is 0 Å². The van der Waals surface area contributed by atoms with Crippen molar-refractivity contribution >= 4 is 34.1 Å². The Morgan fingerprint density at radius 1 is 1.37 bits per heavy atom. The van der Waals surface area contributed by atoms with Crippen LogP contribution in [0, 0.1) is 0 Å². The zero-order valence-electron chi connectivity index (χ0n) is 16.2.